The van der Waals surface area contributed by atoms with Crippen LogP contribution in [0.3, 0.4) is 0 Å². The lowest BCUT2D eigenvalue weighted by Gasteiger charge is -1.95. The average Bonchev–Trinajstić information content (AvgIpc) is 3.21. The number of nitrogens with one attached hydrogen (secondary N) is 1. The summed E-state index contributed by atoms with van der Waals surface area (Å²) in [6, 6.07) is 11.4. The summed E-state index contributed by atoms with van der Waals surface area (Å²) >= 11 is 1.14. The van der Waals surface area contributed by atoms with Crippen molar-refractivity contribution in [2.75, 3.05) is 5.32 Å². The van der Waals surface area contributed by atoms with Gasteiger partial charge in [0.1, 0.15) is 17.3 Å². The maximum absolute atomic E-state index is 13.3. The van der Waals surface area contributed by atoms with Gasteiger partial charge in [-0.2, -0.15) is 0 Å². The molecule has 0 bridgehead atoms. The van der Waals surface area contributed by atoms with Gasteiger partial charge in [0.25, 0.3) is 5.91 Å². The maximum Gasteiger partial charge on any atom is 0.296 e. The quantitative estimate of drug-likeness (QED) is 0.587. The van der Waals surface area contributed by atoms with Crippen LogP contribution in [0.2, 0.25) is 0 Å². The molecule has 0 fully saturated rings. The van der Waals surface area contributed by atoms with Crippen LogP contribution in [0.4, 0.5) is 13.9 Å². The van der Waals surface area contributed by atoms with Gasteiger partial charge in [0, 0.05) is 11.6 Å². The van der Waals surface area contributed by atoms with Crippen molar-refractivity contribution in [2.45, 2.75) is 0 Å². The molecule has 2 aromatic carbocycles. The van der Waals surface area contributed by atoms with E-state index in [0.29, 0.717) is 26.6 Å². The Balaban J connectivity index is 1.56. The number of carbonyl (C=O) groups excluding carboxylic acids is 1. The fourth-order valence-corrected chi connectivity index (χ4v) is 3.16. The van der Waals surface area contributed by atoms with Crippen molar-refractivity contribution in [1.29, 1.82) is 0 Å². The Kier molecular flexibility index (Phi) is 3.73. The van der Waals surface area contributed by atoms with Crippen LogP contribution < -0.4 is 5.32 Å². The second-order valence-corrected chi connectivity index (χ2v) is 6.20. The molecule has 0 aliphatic carbocycles. The summed E-state index contributed by atoms with van der Waals surface area (Å²) in [4.78, 5) is 16.4. The van der Waals surface area contributed by atoms with Gasteiger partial charge in [-0.15, -0.1) is 0 Å². The number of hydrogen-bond donors (Lipinski definition) is 1. The van der Waals surface area contributed by atoms with Gasteiger partial charge in [-0.25, -0.2) is 13.8 Å². The van der Waals surface area contributed by atoms with Crippen LogP contribution in [0.1, 0.15) is 10.6 Å². The molecule has 4 aromatic rings. The molecule has 25 heavy (non-hydrogen) atoms. The minimum Gasteiger partial charge on any atom is -0.350 e. The molecule has 0 saturated heterocycles. The summed E-state index contributed by atoms with van der Waals surface area (Å²) in [5, 5.41) is 6.67. The van der Waals surface area contributed by atoms with Crippen LogP contribution in [-0.4, -0.2) is 16.0 Å². The molecule has 2 aromatic heterocycles. The van der Waals surface area contributed by atoms with Gasteiger partial charge in [-0.1, -0.05) is 28.6 Å². The Morgan fingerprint density at radius 3 is 2.76 bits per heavy atom. The first-order valence-corrected chi connectivity index (χ1v) is 8.00. The third-order valence-corrected chi connectivity index (χ3v) is 4.36. The lowest BCUT2D eigenvalue weighted by atomic mass is 10.1. The van der Waals surface area contributed by atoms with Crippen molar-refractivity contribution < 1.29 is 18.1 Å². The molecule has 0 atom stereocenters. The second-order valence-electron chi connectivity index (χ2n) is 5.17. The van der Waals surface area contributed by atoms with Crippen molar-refractivity contribution in [3.8, 4) is 11.3 Å². The largest absolute Gasteiger partial charge is 0.350 e. The van der Waals surface area contributed by atoms with E-state index in [1.165, 1.54) is 36.4 Å². The van der Waals surface area contributed by atoms with E-state index in [-0.39, 0.29) is 11.6 Å². The van der Waals surface area contributed by atoms with Crippen LogP contribution in [0.25, 0.3) is 21.5 Å². The molecule has 124 valence electrons. The fourth-order valence-electron chi connectivity index (χ4n) is 2.28. The molecule has 1 N–H and O–H groups in total. The van der Waals surface area contributed by atoms with Crippen molar-refractivity contribution in [3.05, 3.63) is 65.9 Å². The van der Waals surface area contributed by atoms with Gasteiger partial charge >= 0.3 is 0 Å². The number of halogens is 2. The normalized spacial score (nSPS) is 11.0. The summed E-state index contributed by atoms with van der Waals surface area (Å²) in [6.45, 7) is 0. The number of fused-ring (bicyclic) bond motifs is 1. The Bertz CT molecular complexity index is 1090. The molecule has 8 heteroatoms. The van der Waals surface area contributed by atoms with Crippen LogP contribution in [0.15, 0.2) is 53.1 Å². The molecule has 0 unspecified atom stereocenters. The van der Waals surface area contributed by atoms with Gasteiger partial charge in [0.15, 0.2) is 5.13 Å². The second kappa shape index (κ2) is 6.06. The number of rotatable bonds is 3. The van der Waals surface area contributed by atoms with Gasteiger partial charge in [0.05, 0.1) is 10.2 Å². The van der Waals surface area contributed by atoms with Crippen LogP contribution in [0, 0.1) is 11.6 Å². The number of anilines is 1. The van der Waals surface area contributed by atoms with Crippen molar-refractivity contribution in [1.82, 2.24) is 10.1 Å². The molecule has 0 spiro atoms. The minimum absolute atomic E-state index is 0.0373. The molecular formula is C17H9F2N3O2S. The molecule has 5 nitrogen and oxygen atoms in total. The number of aromatic nitrogens is 2. The number of amides is 1. The molecule has 0 aliphatic heterocycles. The zero-order valence-electron chi connectivity index (χ0n) is 12.5. The highest BCUT2D eigenvalue weighted by molar-refractivity contribution is 7.22. The van der Waals surface area contributed by atoms with Crippen LogP contribution in [0.5, 0.6) is 0 Å². The number of carbonyl (C=O) groups is 1. The molecule has 0 saturated carbocycles. The van der Waals surface area contributed by atoms with Gasteiger partial charge in [-0.05, 0) is 30.3 Å². The number of thiazole rings is 1. The Hall–Kier alpha value is -3.13. The lowest BCUT2D eigenvalue weighted by Crippen LogP contribution is -2.10. The van der Waals surface area contributed by atoms with E-state index >= 15 is 0 Å². The smallest absolute Gasteiger partial charge is 0.296 e. The van der Waals surface area contributed by atoms with E-state index in [1.807, 2.05) is 0 Å². The first-order valence-electron chi connectivity index (χ1n) is 7.18. The lowest BCUT2D eigenvalue weighted by molar-refractivity contribution is 0.0988. The number of benzene rings is 2. The van der Waals surface area contributed by atoms with Gasteiger partial charge < -0.3 is 4.52 Å². The van der Waals surface area contributed by atoms with Crippen LogP contribution >= 0.6 is 11.3 Å². The monoisotopic (exact) mass is 357 g/mol. The number of hydrogen-bond acceptors (Lipinski definition) is 5. The highest BCUT2D eigenvalue weighted by atomic mass is 32.1. The predicted octanol–water partition coefficient (Wildman–Crippen LogP) is 4.48. The highest BCUT2D eigenvalue weighted by Gasteiger charge is 2.16. The zero-order valence-corrected chi connectivity index (χ0v) is 13.3. The Labute approximate surface area is 143 Å². The van der Waals surface area contributed by atoms with E-state index in [0.717, 1.165) is 11.3 Å². The molecule has 1 amide bonds. The van der Waals surface area contributed by atoms with Crippen molar-refractivity contribution >= 4 is 32.6 Å². The van der Waals surface area contributed by atoms with E-state index in [2.05, 4.69) is 15.5 Å². The third kappa shape index (κ3) is 3.11. The summed E-state index contributed by atoms with van der Waals surface area (Å²) in [5.41, 5.74) is 1.43. The Morgan fingerprint density at radius 1 is 1.08 bits per heavy atom. The molecule has 2 heterocycles. The molecule has 0 radical (unpaired) electrons. The van der Waals surface area contributed by atoms with Crippen molar-refractivity contribution in [2.24, 2.45) is 0 Å². The van der Waals surface area contributed by atoms with Gasteiger partial charge in [-0.3, -0.25) is 10.1 Å². The Morgan fingerprint density at radius 2 is 1.92 bits per heavy atom. The van der Waals surface area contributed by atoms with E-state index in [9.17, 15) is 13.6 Å². The van der Waals surface area contributed by atoms with Crippen molar-refractivity contribution in [3.63, 3.8) is 0 Å². The predicted molar refractivity (Wildman–Crippen MR) is 89.4 cm³/mol. The minimum atomic E-state index is -0.547. The van der Waals surface area contributed by atoms with Crippen LogP contribution in [-0.2, 0) is 0 Å². The summed E-state index contributed by atoms with van der Waals surface area (Å²) in [5.74, 6) is -1.36. The third-order valence-electron chi connectivity index (χ3n) is 3.43. The first-order chi connectivity index (χ1) is 12.1. The average molecular weight is 357 g/mol. The summed E-state index contributed by atoms with van der Waals surface area (Å²) < 4.78 is 32.1. The topological polar surface area (TPSA) is 68.0 Å². The fraction of sp³-hybridized carbons (Fsp3) is 0. The molecule has 4 rings (SSSR count). The zero-order chi connectivity index (χ0) is 17.4. The summed E-state index contributed by atoms with van der Waals surface area (Å²) in [7, 11) is 0. The summed E-state index contributed by atoms with van der Waals surface area (Å²) in [6.07, 6.45) is 0. The number of nitrogens with zero attached hydrogens (tertiary/aromatic N) is 2. The van der Waals surface area contributed by atoms with E-state index in [4.69, 9.17) is 4.52 Å². The SMILES string of the molecule is O=C(Nc1nc2ccc(F)cc2s1)c1cc(-c2cccc(F)c2)no1. The molecular weight excluding hydrogens is 348 g/mol. The molecule has 0 aliphatic rings. The van der Waals surface area contributed by atoms with Gasteiger partial charge in [0.2, 0.25) is 5.76 Å². The first kappa shape index (κ1) is 15.4. The highest BCUT2D eigenvalue weighted by Crippen LogP contribution is 2.27. The standard InChI is InChI=1S/C17H9F2N3O2S/c18-10-3-1-2-9(6-10)13-8-14(24-22-13)16(23)21-17-20-12-5-4-11(19)7-15(12)25-17/h1-8H,(H,20,21,23). The van der Waals surface area contributed by atoms with E-state index < -0.39 is 11.7 Å². The maximum atomic E-state index is 13.3. The van der Waals surface area contributed by atoms with E-state index in [1.54, 1.807) is 12.1 Å².